The van der Waals surface area contributed by atoms with E-state index in [9.17, 15) is 9.18 Å². The average molecular weight is 363 g/mol. The number of rotatable bonds is 6. The normalized spacial score (nSPS) is 17.6. The van der Waals surface area contributed by atoms with Crippen LogP contribution in [0.25, 0.3) is 0 Å². The average Bonchev–Trinajstić information content (AvgIpc) is 3.04. The van der Waals surface area contributed by atoms with Gasteiger partial charge >= 0.3 is 0 Å². The lowest BCUT2D eigenvalue weighted by Crippen LogP contribution is -2.39. The predicted molar refractivity (Wildman–Crippen MR) is 94.8 cm³/mol. The van der Waals surface area contributed by atoms with E-state index in [1.165, 1.54) is 6.07 Å². The summed E-state index contributed by atoms with van der Waals surface area (Å²) in [7, 11) is 0. The van der Waals surface area contributed by atoms with Crippen LogP contribution in [0.3, 0.4) is 0 Å². The van der Waals surface area contributed by atoms with Crippen LogP contribution in [-0.4, -0.2) is 23.4 Å². The highest BCUT2D eigenvalue weighted by molar-refractivity contribution is 6.32. The molecule has 3 rings (SSSR count). The van der Waals surface area contributed by atoms with Gasteiger partial charge in [0.05, 0.1) is 11.1 Å². The summed E-state index contributed by atoms with van der Waals surface area (Å²) < 4.78 is 19.3. The van der Waals surface area contributed by atoms with Gasteiger partial charge in [0.15, 0.2) is 0 Å². The standard InChI is InChI=1S/C19H20ClFN2O2/c20-15-10-13(11-23-9-3-6-17(23)19(22)24)7-8-18(15)25-12-14-4-1-2-5-16(14)21/h1-2,4-5,7-8,10,17H,3,6,9,11-12H2,(H2,22,24)/t17-/m0/s1. The molecule has 1 fully saturated rings. The third kappa shape index (κ3) is 4.30. The topological polar surface area (TPSA) is 55.6 Å². The van der Waals surface area contributed by atoms with Crippen LogP contribution < -0.4 is 10.5 Å². The molecule has 1 atom stereocenters. The number of halogens is 2. The maximum Gasteiger partial charge on any atom is 0.234 e. The lowest BCUT2D eigenvalue weighted by Gasteiger charge is -2.22. The first-order chi connectivity index (χ1) is 12.0. The summed E-state index contributed by atoms with van der Waals surface area (Å²) in [5.41, 5.74) is 6.90. The zero-order valence-corrected chi connectivity index (χ0v) is 14.5. The second-order valence-electron chi connectivity index (χ2n) is 6.18. The molecule has 25 heavy (non-hydrogen) atoms. The van der Waals surface area contributed by atoms with E-state index in [1.54, 1.807) is 24.3 Å². The van der Waals surface area contributed by atoms with Crippen LogP contribution in [0.5, 0.6) is 5.75 Å². The Morgan fingerprint density at radius 2 is 2.12 bits per heavy atom. The van der Waals surface area contributed by atoms with Crippen molar-refractivity contribution in [3.05, 3.63) is 64.4 Å². The molecular formula is C19H20ClFN2O2. The lowest BCUT2D eigenvalue weighted by atomic mass is 10.1. The summed E-state index contributed by atoms with van der Waals surface area (Å²) in [5, 5.41) is 0.462. The second-order valence-corrected chi connectivity index (χ2v) is 6.58. The highest BCUT2D eigenvalue weighted by Gasteiger charge is 2.28. The van der Waals surface area contributed by atoms with Crippen LogP contribution in [0, 0.1) is 5.82 Å². The maximum absolute atomic E-state index is 13.6. The summed E-state index contributed by atoms with van der Waals surface area (Å²) >= 11 is 6.29. The molecule has 0 aromatic heterocycles. The first-order valence-corrected chi connectivity index (χ1v) is 8.60. The molecule has 0 bridgehead atoms. The summed E-state index contributed by atoms with van der Waals surface area (Å²) in [5.74, 6) is -0.0863. The summed E-state index contributed by atoms with van der Waals surface area (Å²) in [6, 6.07) is 11.7. The molecule has 2 N–H and O–H groups in total. The lowest BCUT2D eigenvalue weighted by molar-refractivity contribution is -0.122. The van der Waals surface area contributed by atoms with Crippen molar-refractivity contribution in [2.24, 2.45) is 5.73 Å². The van der Waals surface area contributed by atoms with Gasteiger partial charge in [0.2, 0.25) is 5.91 Å². The Balaban J connectivity index is 1.65. The Morgan fingerprint density at radius 3 is 2.84 bits per heavy atom. The number of benzene rings is 2. The summed E-state index contributed by atoms with van der Waals surface area (Å²) in [6.07, 6.45) is 1.76. The quantitative estimate of drug-likeness (QED) is 0.855. The largest absolute Gasteiger partial charge is 0.487 e. The molecule has 2 aromatic carbocycles. The van der Waals surface area contributed by atoms with Crippen molar-refractivity contribution in [2.75, 3.05) is 6.54 Å². The number of ether oxygens (including phenoxy) is 1. The number of likely N-dealkylation sites (tertiary alicyclic amines) is 1. The highest BCUT2D eigenvalue weighted by Crippen LogP contribution is 2.28. The van der Waals surface area contributed by atoms with Gasteiger partial charge in [-0.2, -0.15) is 0 Å². The van der Waals surface area contributed by atoms with Gasteiger partial charge in [-0.3, -0.25) is 9.69 Å². The van der Waals surface area contributed by atoms with Crippen molar-refractivity contribution in [1.82, 2.24) is 4.90 Å². The third-order valence-electron chi connectivity index (χ3n) is 4.42. The molecule has 2 aromatic rings. The van der Waals surface area contributed by atoms with Crippen molar-refractivity contribution < 1.29 is 13.9 Å². The van der Waals surface area contributed by atoms with Crippen LogP contribution in [0.4, 0.5) is 4.39 Å². The highest BCUT2D eigenvalue weighted by atomic mass is 35.5. The van der Waals surface area contributed by atoms with Crippen LogP contribution in [0.15, 0.2) is 42.5 Å². The fraction of sp³-hybridized carbons (Fsp3) is 0.316. The predicted octanol–water partition coefficient (Wildman–Crippen LogP) is 3.51. The molecule has 0 aliphatic carbocycles. The fourth-order valence-electron chi connectivity index (χ4n) is 3.10. The van der Waals surface area contributed by atoms with Crippen molar-refractivity contribution in [1.29, 1.82) is 0 Å². The van der Waals surface area contributed by atoms with Crippen LogP contribution >= 0.6 is 11.6 Å². The Labute approximate surface area is 151 Å². The molecular weight excluding hydrogens is 343 g/mol. The minimum atomic E-state index is -0.304. The van der Waals surface area contributed by atoms with Crippen LogP contribution in [0.2, 0.25) is 5.02 Å². The van der Waals surface area contributed by atoms with Gasteiger partial charge < -0.3 is 10.5 Å². The van der Waals surface area contributed by atoms with Crippen LogP contribution in [0.1, 0.15) is 24.0 Å². The molecule has 1 heterocycles. The van der Waals surface area contributed by atoms with E-state index < -0.39 is 0 Å². The first-order valence-electron chi connectivity index (χ1n) is 8.22. The summed E-state index contributed by atoms with van der Waals surface area (Å²) in [4.78, 5) is 13.5. The van der Waals surface area contributed by atoms with Gasteiger partial charge in [-0.1, -0.05) is 35.9 Å². The number of hydrogen-bond donors (Lipinski definition) is 1. The van der Waals surface area contributed by atoms with E-state index in [4.69, 9.17) is 22.1 Å². The number of amides is 1. The Morgan fingerprint density at radius 1 is 1.32 bits per heavy atom. The van der Waals surface area contributed by atoms with Gasteiger partial charge in [-0.05, 0) is 43.1 Å². The van der Waals surface area contributed by atoms with E-state index in [1.807, 2.05) is 12.1 Å². The first kappa shape index (κ1) is 17.7. The minimum absolute atomic E-state index is 0.113. The molecule has 4 nitrogen and oxygen atoms in total. The Bertz CT molecular complexity index is 769. The van der Waals surface area contributed by atoms with Crippen LogP contribution in [-0.2, 0) is 17.9 Å². The van der Waals surface area contributed by atoms with Gasteiger partial charge in [0, 0.05) is 12.1 Å². The molecule has 1 aliphatic heterocycles. The zero-order chi connectivity index (χ0) is 17.8. The fourth-order valence-corrected chi connectivity index (χ4v) is 3.36. The molecule has 1 amide bonds. The van der Waals surface area contributed by atoms with Crippen molar-refractivity contribution in [3.8, 4) is 5.75 Å². The van der Waals surface area contributed by atoms with Gasteiger partial charge in [0.1, 0.15) is 18.2 Å². The molecule has 0 saturated carbocycles. The number of hydrogen-bond acceptors (Lipinski definition) is 3. The van der Waals surface area contributed by atoms with Crippen molar-refractivity contribution in [3.63, 3.8) is 0 Å². The van der Waals surface area contributed by atoms with Gasteiger partial charge in [-0.25, -0.2) is 4.39 Å². The van der Waals surface area contributed by atoms with Crippen molar-refractivity contribution in [2.45, 2.75) is 32.0 Å². The molecule has 6 heteroatoms. The van der Waals surface area contributed by atoms with E-state index >= 15 is 0 Å². The van der Waals surface area contributed by atoms with E-state index in [0.717, 1.165) is 24.9 Å². The Kier molecular flexibility index (Phi) is 5.56. The van der Waals surface area contributed by atoms with Gasteiger partial charge in [-0.15, -0.1) is 0 Å². The number of carbonyl (C=O) groups is 1. The van der Waals surface area contributed by atoms with Crippen molar-refractivity contribution >= 4 is 17.5 Å². The molecule has 0 spiro atoms. The van der Waals surface area contributed by atoms with E-state index in [2.05, 4.69) is 4.90 Å². The Hall–Kier alpha value is -2.11. The van der Waals surface area contributed by atoms with E-state index in [0.29, 0.717) is 22.9 Å². The zero-order valence-electron chi connectivity index (χ0n) is 13.8. The maximum atomic E-state index is 13.6. The minimum Gasteiger partial charge on any atom is -0.487 e. The number of primary amides is 1. The third-order valence-corrected chi connectivity index (χ3v) is 4.71. The molecule has 1 saturated heterocycles. The van der Waals surface area contributed by atoms with Gasteiger partial charge in [0.25, 0.3) is 0 Å². The molecule has 0 unspecified atom stereocenters. The molecule has 132 valence electrons. The van der Waals surface area contributed by atoms with E-state index in [-0.39, 0.29) is 24.4 Å². The smallest absolute Gasteiger partial charge is 0.234 e. The molecule has 1 aliphatic rings. The number of carbonyl (C=O) groups excluding carboxylic acids is 1. The SMILES string of the molecule is NC(=O)[C@@H]1CCCN1Cc1ccc(OCc2ccccc2F)c(Cl)c1. The molecule has 0 radical (unpaired) electrons. The second kappa shape index (κ2) is 7.85. The summed E-state index contributed by atoms with van der Waals surface area (Å²) in [6.45, 7) is 1.57. The number of nitrogens with two attached hydrogens (primary N) is 1. The number of nitrogens with zero attached hydrogens (tertiary/aromatic N) is 1. The monoisotopic (exact) mass is 362 g/mol.